The van der Waals surface area contributed by atoms with Gasteiger partial charge in [0.15, 0.2) is 0 Å². The first-order valence-corrected chi connectivity index (χ1v) is 18.4. The van der Waals surface area contributed by atoms with Gasteiger partial charge in [0.05, 0.1) is 16.5 Å². The molecule has 12 heteroatoms. The van der Waals surface area contributed by atoms with E-state index in [4.69, 9.17) is 15.8 Å². The molecule has 2 aromatic rings. The molecular weight excluding hydrogens is 679 g/mol. The first-order chi connectivity index (χ1) is 13.9. The lowest BCUT2D eigenvalue weighted by Crippen LogP contribution is -2.20. The summed E-state index contributed by atoms with van der Waals surface area (Å²) in [5.41, 5.74) is 1.41. The molecule has 6 nitrogen and oxygen atoms in total. The SMILES string of the molecule is Cc1sc(C(=O)c2cncnc2N[C@@H]2C[C@H](CO)[C@@H](OSP(I)I)C2)cc1CCl. The van der Waals surface area contributed by atoms with Crippen LogP contribution in [0.25, 0.3) is 0 Å². The van der Waals surface area contributed by atoms with Crippen molar-refractivity contribution >= 4 is 92.7 Å². The number of halogens is 3. The zero-order valence-corrected chi connectivity index (χ0v) is 22.9. The van der Waals surface area contributed by atoms with Crippen molar-refractivity contribution in [3.63, 3.8) is 0 Å². The fourth-order valence-electron chi connectivity index (χ4n) is 3.30. The van der Waals surface area contributed by atoms with Crippen molar-refractivity contribution in [2.45, 2.75) is 37.8 Å². The van der Waals surface area contributed by atoms with Crippen LogP contribution in [0, 0.1) is 12.8 Å². The van der Waals surface area contributed by atoms with Crippen molar-refractivity contribution in [3.05, 3.63) is 39.5 Å². The molecule has 3 atom stereocenters. The maximum atomic E-state index is 13.1. The number of nitrogens with one attached hydrogen (secondary N) is 1. The number of alkyl halides is 1. The maximum absolute atomic E-state index is 13.1. The number of ketones is 1. The van der Waals surface area contributed by atoms with Gasteiger partial charge in [-0.1, -0.05) is 0 Å². The molecule has 3 rings (SSSR count). The lowest BCUT2D eigenvalue weighted by Gasteiger charge is -2.16. The molecule has 2 heterocycles. The van der Waals surface area contributed by atoms with Crippen molar-refractivity contribution in [3.8, 4) is 0 Å². The highest BCUT2D eigenvalue weighted by molar-refractivity contribution is 14.3. The lowest BCUT2D eigenvalue weighted by molar-refractivity contribution is 0.104. The van der Waals surface area contributed by atoms with Gasteiger partial charge < -0.3 is 14.6 Å². The summed E-state index contributed by atoms with van der Waals surface area (Å²) >= 11 is 13.6. The second-order valence-corrected chi connectivity index (χ2v) is 25.7. The quantitative estimate of drug-likeness (QED) is 0.107. The smallest absolute Gasteiger partial charge is 0.208 e. The Morgan fingerprint density at radius 1 is 1.52 bits per heavy atom. The zero-order valence-electron chi connectivity index (χ0n) is 15.3. The molecule has 0 aliphatic heterocycles. The Kier molecular flexibility index (Phi) is 9.68. The molecule has 2 aromatic heterocycles. The van der Waals surface area contributed by atoms with Crippen LogP contribution in [-0.4, -0.2) is 39.6 Å². The number of aryl methyl sites for hydroxylation is 1. The fraction of sp³-hybridized carbons (Fsp3) is 0.471. The minimum atomic E-state index is -0.286. The molecule has 0 radical (unpaired) electrons. The topological polar surface area (TPSA) is 84.3 Å². The van der Waals surface area contributed by atoms with Crippen molar-refractivity contribution in [1.82, 2.24) is 9.97 Å². The molecule has 0 spiro atoms. The van der Waals surface area contributed by atoms with Crippen LogP contribution in [0.1, 0.15) is 38.5 Å². The van der Waals surface area contributed by atoms with Crippen LogP contribution in [0.2, 0.25) is 0 Å². The predicted octanol–water partition coefficient (Wildman–Crippen LogP) is 6.13. The third kappa shape index (κ3) is 6.36. The minimum Gasteiger partial charge on any atom is -0.396 e. The summed E-state index contributed by atoms with van der Waals surface area (Å²) in [4.78, 5) is 23.1. The second-order valence-electron chi connectivity index (χ2n) is 6.61. The fourth-order valence-corrected chi connectivity index (χ4v) is 7.27. The van der Waals surface area contributed by atoms with Crippen molar-refractivity contribution in [2.24, 2.45) is 5.92 Å². The number of aromatic nitrogens is 2. The van der Waals surface area contributed by atoms with E-state index in [2.05, 4.69) is 59.4 Å². The summed E-state index contributed by atoms with van der Waals surface area (Å²) in [5.74, 6) is 0.851. The van der Waals surface area contributed by atoms with E-state index in [1.54, 1.807) is 6.20 Å². The summed E-state index contributed by atoms with van der Waals surface area (Å²) < 4.78 is 5.65. The molecule has 1 saturated carbocycles. The molecule has 0 saturated heterocycles. The van der Waals surface area contributed by atoms with E-state index < -0.39 is 0 Å². The summed E-state index contributed by atoms with van der Waals surface area (Å²) in [7, 11) is 0. The van der Waals surface area contributed by atoms with Crippen LogP contribution < -0.4 is 5.32 Å². The average Bonchev–Trinajstić information content (AvgIpc) is 3.28. The van der Waals surface area contributed by atoms with Crippen LogP contribution >= 0.6 is 81.1 Å². The van der Waals surface area contributed by atoms with Crippen LogP contribution in [0.3, 0.4) is 0 Å². The highest BCUT2D eigenvalue weighted by Crippen LogP contribution is 2.65. The third-order valence-corrected chi connectivity index (χ3v) is 10.1. The van der Waals surface area contributed by atoms with E-state index in [-0.39, 0.29) is 32.9 Å². The van der Waals surface area contributed by atoms with E-state index >= 15 is 0 Å². The molecular formula is C17H19ClI2N3O3PS2. The van der Waals surface area contributed by atoms with E-state index in [0.717, 1.165) is 23.3 Å². The molecule has 0 bridgehead atoms. The van der Waals surface area contributed by atoms with Crippen LogP contribution in [-0.2, 0) is 10.1 Å². The molecule has 0 unspecified atom stereocenters. The maximum Gasteiger partial charge on any atom is 0.208 e. The number of nitrogens with zero attached hydrogens (tertiary/aromatic N) is 2. The first kappa shape index (κ1) is 24.3. The van der Waals surface area contributed by atoms with Crippen LogP contribution in [0.4, 0.5) is 5.82 Å². The second kappa shape index (κ2) is 11.5. The van der Waals surface area contributed by atoms with Gasteiger partial charge in [0.25, 0.3) is 0 Å². The summed E-state index contributed by atoms with van der Waals surface area (Å²) in [6.07, 6.45) is 4.47. The summed E-state index contributed by atoms with van der Waals surface area (Å²) in [5, 5.41) is 13.1. The Bertz CT molecular complexity index is 861. The molecule has 29 heavy (non-hydrogen) atoms. The van der Waals surface area contributed by atoms with Gasteiger partial charge in [0.2, 0.25) is 5.78 Å². The molecule has 2 N–H and O–H groups in total. The molecule has 1 fully saturated rings. The normalized spacial score (nSPS) is 21.7. The highest BCUT2D eigenvalue weighted by atomic mass is 127. The number of aliphatic hydroxyl groups is 1. The van der Waals surface area contributed by atoms with Crippen LogP contribution in [0.15, 0.2) is 18.6 Å². The van der Waals surface area contributed by atoms with Crippen LogP contribution in [0.5, 0.6) is 0 Å². The molecule has 0 aromatic carbocycles. The highest BCUT2D eigenvalue weighted by Gasteiger charge is 2.36. The monoisotopic (exact) mass is 697 g/mol. The molecule has 1 aliphatic carbocycles. The van der Waals surface area contributed by atoms with Gasteiger partial charge in [-0.15, -0.1) is 22.9 Å². The van der Waals surface area contributed by atoms with E-state index in [0.29, 0.717) is 22.1 Å². The molecule has 0 amide bonds. The number of anilines is 1. The molecule has 158 valence electrons. The van der Waals surface area contributed by atoms with Gasteiger partial charge in [0, 0.05) is 47.2 Å². The number of hydrogen-bond donors (Lipinski definition) is 2. The van der Waals surface area contributed by atoms with Crippen molar-refractivity contribution in [2.75, 3.05) is 11.9 Å². The number of thiophene rings is 1. The standard InChI is InChI=1S/C17H19ClI2N3O3PS2/c1-9-10(5-18)3-15(28-9)16(25)13-6-21-8-22-17(13)23-12-2-11(7-24)14(4-12)26-29-27(19)20/h3,6,8,11-12,14,24H,2,4-5,7H2,1H3,(H,21,22,23)/t11-,12-,14+/m1/s1. The summed E-state index contributed by atoms with van der Waals surface area (Å²) in [6.45, 7) is 2.04. The third-order valence-electron chi connectivity index (χ3n) is 4.77. The van der Waals surface area contributed by atoms with Gasteiger partial charge in [-0.25, -0.2) is 9.97 Å². The first-order valence-electron chi connectivity index (χ1n) is 8.75. The Morgan fingerprint density at radius 2 is 2.31 bits per heavy atom. The van der Waals surface area contributed by atoms with Gasteiger partial charge >= 0.3 is 0 Å². The van der Waals surface area contributed by atoms with E-state index in [1.165, 1.54) is 29.3 Å². The van der Waals surface area contributed by atoms with Gasteiger partial charge in [-0.05, 0) is 75.5 Å². The Morgan fingerprint density at radius 3 is 2.97 bits per heavy atom. The summed E-state index contributed by atoms with van der Waals surface area (Å²) in [6, 6.07) is 1.91. The number of rotatable bonds is 9. The van der Waals surface area contributed by atoms with Crippen molar-refractivity contribution < 1.29 is 14.1 Å². The van der Waals surface area contributed by atoms with Crippen molar-refractivity contribution in [1.29, 1.82) is 0 Å². The lowest BCUT2D eigenvalue weighted by atomic mass is 10.1. The zero-order chi connectivity index (χ0) is 21.0. The van der Waals surface area contributed by atoms with Gasteiger partial charge in [-0.3, -0.25) is 4.79 Å². The van der Waals surface area contributed by atoms with E-state index in [9.17, 15) is 9.90 Å². The largest absolute Gasteiger partial charge is 0.396 e. The Balaban J connectivity index is 1.74. The Hall–Kier alpha value is 0.700. The predicted molar refractivity (Wildman–Crippen MR) is 139 cm³/mol. The number of aliphatic hydroxyl groups excluding tert-OH is 1. The molecule has 1 aliphatic rings. The number of carbonyl (C=O) groups excluding carboxylic acids is 1. The Labute approximate surface area is 210 Å². The van der Waals surface area contributed by atoms with Gasteiger partial charge in [-0.2, -0.15) is 0 Å². The number of carbonyl (C=O) groups is 1. The van der Waals surface area contributed by atoms with E-state index in [1.807, 2.05) is 13.0 Å². The number of hydrogen-bond acceptors (Lipinski definition) is 8. The average molecular weight is 698 g/mol. The van der Waals surface area contributed by atoms with Gasteiger partial charge in [0.1, 0.15) is 14.6 Å². The minimum absolute atomic E-state index is 0.0238.